The van der Waals surface area contributed by atoms with Gasteiger partial charge in [-0.15, -0.1) is 0 Å². The first-order valence-corrected chi connectivity index (χ1v) is 11.4. The summed E-state index contributed by atoms with van der Waals surface area (Å²) in [7, 11) is 0. The first kappa shape index (κ1) is 19.8. The van der Waals surface area contributed by atoms with Gasteiger partial charge in [0.2, 0.25) is 5.91 Å². The van der Waals surface area contributed by atoms with Crippen molar-refractivity contribution in [2.24, 2.45) is 5.92 Å². The molecule has 2 aliphatic heterocycles. The van der Waals surface area contributed by atoms with Crippen molar-refractivity contribution in [1.29, 1.82) is 0 Å². The van der Waals surface area contributed by atoms with E-state index >= 15 is 0 Å². The summed E-state index contributed by atoms with van der Waals surface area (Å²) in [5.41, 5.74) is 4.08. The van der Waals surface area contributed by atoms with Crippen LogP contribution >= 0.6 is 0 Å². The number of fused-ring (bicyclic) bond motifs is 4. The van der Waals surface area contributed by atoms with Gasteiger partial charge in [-0.3, -0.25) is 4.79 Å². The number of hydrogen-bond donors (Lipinski definition) is 1. The average molecular weight is 412 g/mol. The molecule has 4 nitrogen and oxygen atoms in total. The number of aromatic nitrogens is 1. The number of nitrogens with zero attached hydrogens (tertiary/aromatic N) is 2. The average Bonchev–Trinajstić information content (AvgIpc) is 2.83. The molecule has 2 aromatic carbocycles. The molecule has 1 N–H and O–H groups in total. The lowest BCUT2D eigenvalue weighted by Gasteiger charge is -2.46. The molecule has 6 rings (SSSR count). The zero-order valence-electron chi connectivity index (χ0n) is 18.1. The number of anilines is 2. The normalized spacial score (nSPS) is 20.5. The highest BCUT2D eigenvalue weighted by Crippen LogP contribution is 2.37. The van der Waals surface area contributed by atoms with E-state index < -0.39 is 0 Å². The second kappa shape index (κ2) is 8.54. The molecule has 2 bridgehead atoms. The minimum absolute atomic E-state index is 0.132. The molecular weight excluding hydrogens is 382 g/mol. The lowest BCUT2D eigenvalue weighted by atomic mass is 9.80. The van der Waals surface area contributed by atoms with Crippen LogP contribution in [0.2, 0.25) is 0 Å². The van der Waals surface area contributed by atoms with Crippen LogP contribution in [0.15, 0.2) is 60.7 Å². The fourth-order valence-corrected chi connectivity index (χ4v) is 4.92. The third kappa shape index (κ3) is 4.34. The minimum atomic E-state index is -0.132. The molecule has 4 heteroatoms. The standard InChI is InChI=1S/C27H29N3O/c1-2-19-3-5-20(6-4-19)9-16-27(31)28-23-11-14-25-22(17-23)10-15-26(29-25)30-18-21-7-12-24(30)13-8-21/h3-6,9-11,14-17,21,24H,2,7-8,12-13,18H2,1H3,(H,28,31). The Labute approximate surface area is 184 Å². The number of amides is 1. The van der Waals surface area contributed by atoms with Gasteiger partial charge in [0.25, 0.3) is 0 Å². The van der Waals surface area contributed by atoms with Crippen LogP contribution in [0.25, 0.3) is 17.0 Å². The fourth-order valence-electron chi connectivity index (χ4n) is 4.92. The summed E-state index contributed by atoms with van der Waals surface area (Å²) in [5, 5.41) is 4.01. The van der Waals surface area contributed by atoms with Gasteiger partial charge in [0.05, 0.1) is 5.52 Å². The quantitative estimate of drug-likeness (QED) is 0.538. The number of carbonyl (C=O) groups is 1. The van der Waals surface area contributed by atoms with Crippen LogP contribution in [0.4, 0.5) is 11.5 Å². The maximum atomic E-state index is 12.4. The molecule has 0 radical (unpaired) electrons. The second-order valence-electron chi connectivity index (χ2n) is 8.82. The number of piperidine rings is 2. The van der Waals surface area contributed by atoms with Gasteiger partial charge in [-0.1, -0.05) is 31.2 Å². The van der Waals surface area contributed by atoms with Gasteiger partial charge < -0.3 is 10.2 Å². The van der Waals surface area contributed by atoms with Crippen molar-refractivity contribution in [3.05, 3.63) is 71.8 Å². The van der Waals surface area contributed by atoms with Crippen molar-refractivity contribution in [2.75, 3.05) is 16.8 Å². The van der Waals surface area contributed by atoms with Gasteiger partial charge in [-0.2, -0.15) is 0 Å². The number of aryl methyl sites for hydroxylation is 1. The summed E-state index contributed by atoms with van der Waals surface area (Å²) in [6.45, 7) is 3.28. The van der Waals surface area contributed by atoms with Crippen molar-refractivity contribution >= 4 is 34.4 Å². The van der Waals surface area contributed by atoms with Gasteiger partial charge in [0.1, 0.15) is 5.82 Å². The number of benzene rings is 2. The van der Waals surface area contributed by atoms with Gasteiger partial charge in [-0.25, -0.2) is 4.98 Å². The van der Waals surface area contributed by atoms with E-state index in [1.807, 2.05) is 36.4 Å². The lowest BCUT2D eigenvalue weighted by molar-refractivity contribution is -0.111. The van der Waals surface area contributed by atoms with E-state index in [-0.39, 0.29) is 5.91 Å². The Bertz CT molecular complexity index is 1110. The Morgan fingerprint density at radius 2 is 1.87 bits per heavy atom. The minimum Gasteiger partial charge on any atom is -0.353 e. The molecule has 1 amide bonds. The molecule has 3 aliphatic rings. The van der Waals surface area contributed by atoms with Crippen LogP contribution in [0.1, 0.15) is 43.7 Å². The van der Waals surface area contributed by atoms with Crippen LogP contribution in [0.3, 0.4) is 0 Å². The number of pyridine rings is 1. The summed E-state index contributed by atoms with van der Waals surface area (Å²) in [6, 6.07) is 19.1. The second-order valence-corrected chi connectivity index (χ2v) is 8.82. The Balaban J connectivity index is 1.27. The van der Waals surface area contributed by atoms with Crippen LogP contribution < -0.4 is 10.2 Å². The summed E-state index contributed by atoms with van der Waals surface area (Å²) < 4.78 is 0. The predicted octanol–water partition coefficient (Wildman–Crippen LogP) is 5.83. The molecular formula is C27H29N3O. The summed E-state index contributed by atoms with van der Waals surface area (Å²) in [4.78, 5) is 19.8. The largest absolute Gasteiger partial charge is 0.353 e. The number of rotatable bonds is 5. The first-order chi connectivity index (χ1) is 15.2. The third-order valence-electron chi connectivity index (χ3n) is 6.76. The van der Waals surface area contributed by atoms with Gasteiger partial charge >= 0.3 is 0 Å². The number of carbonyl (C=O) groups excluding carboxylic acids is 1. The monoisotopic (exact) mass is 411 g/mol. The molecule has 3 aromatic rings. The highest BCUT2D eigenvalue weighted by atomic mass is 16.1. The summed E-state index contributed by atoms with van der Waals surface area (Å²) in [6.07, 6.45) is 9.78. The Morgan fingerprint density at radius 1 is 1.06 bits per heavy atom. The Kier molecular flexibility index (Phi) is 5.46. The zero-order valence-corrected chi connectivity index (χ0v) is 18.1. The van der Waals surface area contributed by atoms with Crippen LogP contribution in [0, 0.1) is 5.92 Å². The molecule has 2 saturated heterocycles. The molecule has 31 heavy (non-hydrogen) atoms. The molecule has 0 spiro atoms. The first-order valence-electron chi connectivity index (χ1n) is 11.4. The SMILES string of the molecule is CCc1ccc(C=CC(=O)Nc2ccc3nc(N4CC5CCC4CC5)ccc3c2)cc1. The Morgan fingerprint density at radius 3 is 2.58 bits per heavy atom. The van der Waals surface area contributed by atoms with Crippen molar-refractivity contribution < 1.29 is 4.79 Å². The Hall–Kier alpha value is -3.14. The molecule has 158 valence electrons. The molecule has 1 aromatic heterocycles. The van der Waals surface area contributed by atoms with Gasteiger partial charge in [0.15, 0.2) is 0 Å². The van der Waals surface area contributed by atoms with E-state index in [2.05, 4.69) is 41.4 Å². The van der Waals surface area contributed by atoms with Crippen molar-refractivity contribution in [1.82, 2.24) is 4.98 Å². The van der Waals surface area contributed by atoms with E-state index in [9.17, 15) is 4.79 Å². The molecule has 1 saturated carbocycles. The molecule has 3 heterocycles. The van der Waals surface area contributed by atoms with Gasteiger partial charge in [-0.05, 0) is 85.6 Å². The molecule has 0 atom stereocenters. The molecule has 0 unspecified atom stereocenters. The number of hydrogen-bond acceptors (Lipinski definition) is 3. The highest BCUT2D eigenvalue weighted by molar-refractivity contribution is 6.03. The predicted molar refractivity (Wildman–Crippen MR) is 128 cm³/mol. The van der Waals surface area contributed by atoms with Crippen molar-refractivity contribution in [2.45, 2.75) is 45.1 Å². The highest BCUT2D eigenvalue weighted by Gasteiger charge is 2.34. The number of nitrogens with one attached hydrogen (secondary N) is 1. The van der Waals surface area contributed by atoms with E-state index in [1.54, 1.807) is 6.08 Å². The van der Waals surface area contributed by atoms with Crippen LogP contribution in [0.5, 0.6) is 0 Å². The topological polar surface area (TPSA) is 45.2 Å². The van der Waals surface area contributed by atoms with E-state index in [4.69, 9.17) is 4.98 Å². The van der Waals surface area contributed by atoms with Gasteiger partial charge in [0, 0.05) is 29.7 Å². The van der Waals surface area contributed by atoms with E-state index in [1.165, 1.54) is 31.2 Å². The zero-order chi connectivity index (χ0) is 21.2. The third-order valence-corrected chi connectivity index (χ3v) is 6.76. The van der Waals surface area contributed by atoms with Crippen molar-refractivity contribution in [3.8, 4) is 0 Å². The molecule has 1 aliphatic carbocycles. The maximum absolute atomic E-state index is 12.4. The fraction of sp³-hybridized carbons (Fsp3) is 0.333. The summed E-state index contributed by atoms with van der Waals surface area (Å²) in [5.74, 6) is 1.79. The summed E-state index contributed by atoms with van der Waals surface area (Å²) >= 11 is 0. The van der Waals surface area contributed by atoms with E-state index in [0.717, 1.165) is 46.9 Å². The van der Waals surface area contributed by atoms with Crippen LogP contribution in [-0.2, 0) is 11.2 Å². The van der Waals surface area contributed by atoms with Crippen LogP contribution in [-0.4, -0.2) is 23.5 Å². The lowest BCUT2D eigenvalue weighted by Crippen LogP contribution is -2.48. The van der Waals surface area contributed by atoms with Crippen molar-refractivity contribution in [3.63, 3.8) is 0 Å². The maximum Gasteiger partial charge on any atom is 0.248 e. The molecule has 3 fully saturated rings. The smallest absolute Gasteiger partial charge is 0.248 e. The van der Waals surface area contributed by atoms with E-state index in [0.29, 0.717) is 6.04 Å².